The number of hydrogen-bond acceptors (Lipinski definition) is 7. The minimum absolute atomic E-state index is 0.0164. The minimum atomic E-state index is -1.13. The molecule has 1 aromatic rings. The third-order valence-corrected chi connectivity index (χ3v) is 18.5. The van der Waals surface area contributed by atoms with Crippen molar-refractivity contribution in [2.24, 2.45) is 63.1 Å². The maximum absolute atomic E-state index is 14.2. The second-order valence-electron chi connectivity index (χ2n) is 24.4. The number of nitrogens with zero attached hydrogens (tertiary/aromatic N) is 2. The van der Waals surface area contributed by atoms with Crippen LogP contribution in [0.3, 0.4) is 0 Å². The van der Waals surface area contributed by atoms with Gasteiger partial charge in [-0.3, -0.25) is 24.1 Å². The number of aryl methyl sites for hydroxylation is 1. The topological polar surface area (TPSA) is 104 Å². The maximum atomic E-state index is 14.2. The number of carboxylic acid groups (broad SMARTS) is 1. The third-order valence-electron chi connectivity index (χ3n) is 18.5. The maximum Gasteiger partial charge on any atom is 0.309 e. The molecule has 9 atom stereocenters. The highest BCUT2D eigenvalue weighted by molar-refractivity contribution is 6.00. The van der Waals surface area contributed by atoms with E-state index in [2.05, 4.69) is 110 Å². The van der Waals surface area contributed by atoms with Gasteiger partial charge in [-0.1, -0.05) is 103 Å². The van der Waals surface area contributed by atoms with Crippen molar-refractivity contribution in [1.29, 1.82) is 0 Å². The summed E-state index contributed by atoms with van der Waals surface area (Å²) in [5.41, 5.74) is 7.25. The molecule has 8 nitrogen and oxygen atoms in total. The molecule has 66 heavy (non-hydrogen) atoms. The number of Topliss-reactive ketones (excluding diaryl/α,β-unsaturated/α-hetero) is 2. The van der Waals surface area contributed by atoms with Gasteiger partial charge >= 0.3 is 11.9 Å². The first kappa shape index (κ1) is 52.3. The normalized spacial score (nSPS) is 32.1. The Hall–Kier alpha value is -3.10. The fourth-order valence-electron chi connectivity index (χ4n) is 15.1. The highest BCUT2D eigenvalue weighted by Crippen LogP contribution is 2.72. The van der Waals surface area contributed by atoms with Gasteiger partial charge in [0.05, 0.1) is 11.8 Å². The molecule has 0 heterocycles. The molecule has 6 aliphatic carbocycles. The van der Waals surface area contributed by atoms with Crippen LogP contribution in [0.4, 0.5) is 0 Å². The number of esters is 1. The lowest BCUT2D eigenvalue weighted by Gasteiger charge is -2.67. The Morgan fingerprint density at radius 2 is 1.47 bits per heavy atom. The first-order valence-corrected chi connectivity index (χ1v) is 26.4. The van der Waals surface area contributed by atoms with Gasteiger partial charge in [0, 0.05) is 37.9 Å². The predicted octanol–water partition coefficient (Wildman–Crippen LogP) is 12.5. The van der Waals surface area contributed by atoms with Gasteiger partial charge in [0.2, 0.25) is 0 Å². The summed E-state index contributed by atoms with van der Waals surface area (Å²) in [6, 6.07) is 9.00. The number of likely N-dealkylation sites (N-methyl/N-ethyl adjacent to an activating group) is 1. The number of hydrogen-bond donors (Lipinski definition) is 1. The van der Waals surface area contributed by atoms with E-state index in [1.54, 1.807) is 19.4 Å². The predicted molar refractivity (Wildman–Crippen MR) is 267 cm³/mol. The van der Waals surface area contributed by atoms with E-state index < -0.39 is 11.4 Å². The smallest absolute Gasteiger partial charge is 0.309 e. The zero-order chi connectivity index (χ0) is 48.5. The largest absolute Gasteiger partial charge is 0.481 e. The summed E-state index contributed by atoms with van der Waals surface area (Å²) in [6.45, 7) is 27.8. The van der Waals surface area contributed by atoms with Crippen LogP contribution in [-0.2, 0) is 30.5 Å². The van der Waals surface area contributed by atoms with E-state index in [-0.39, 0.29) is 46.6 Å². The van der Waals surface area contributed by atoms with Crippen LogP contribution in [0, 0.1) is 70.0 Å². The lowest BCUT2D eigenvalue weighted by molar-refractivity contribution is -0.192. The van der Waals surface area contributed by atoms with Crippen molar-refractivity contribution in [3.63, 3.8) is 0 Å². The van der Waals surface area contributed by atoms with E-state index in [4.69, 9.17) is 4.74 Å². The third kappa shape index (κ3) is 10.7. The number of carboxylic acids is 1. The van der Waals surface area contributed by atoms with Crippen LogP contribution in [0.1, 0.15) is 177 Å². The summed E-state index contributed by atoms with van der Waals surface area (Å²) >= 11 is 0. The monoisotopic (exact) mass is 911 g/mol. The number of fused-ring (bicyclic) bond motifs is 7. The Kier molecular flexibility index (Phi) is 16.5. The van der Waals surface area contributed by atoms with E-state index in [1.807, 2.05) is 0 Å². The molecule has 4 fully saturated rings. The highest BCUT2D eigenvalue weighted by Gasteiger charge is 2.65. The number of ether oxygens (including phenoxy) is 1. The molecule has 9 unspecified atom stereocenters. The van der Waals surface area contributed by atoms with Crippen LogP contribution in [0.5, 0.6) is 0 Å². The molecular weight excluding hydrogens is 821 g/mol. The summed E-state index contributed by atoms with van der Waals surface area (Å²) in [7, 11) is 4.32. The van der Waals surface area contributed by atoms with Crippen molar-refractivity contribution in [2.75, 3.05) is 33.7 Å². The van der Waals surface area contributed by atoms with Crippen molar-refractivity contribution in [3.05, 3.63) is 57.7 Å². The van der Waals surface area contributed by atoms with Crippen LogP contribution in [0.15, 0.2) is 46.6 Å². The standard InChI is InChI=1S/C47H72N2O5.C11H18O/c1-30(2)41-37(50)27-47(23-24-49(26-25-48(9)10)29-33-13-11-31(3)12-14-33)22-18-36-34(42(41)47)15-16-39-45(7)21-19-38(32(4)35(45)17-20-46(36,39)8)54-40(51)28-44(5,6)43(52)53;1-4-5-9-6-7-10(12)11(9)8(2)3/h11-14,30,32,34-36,38-39H,15-29H2,1-10H3,(H,52,53);8H,4-7H2,1-3H3. The molecule has 7 rings (SSSR count). The molecule has 0 aromatic heterocycles. The van der Waals surface area contributed by atoms with E-state index in [0.717, 1.165) is 83.1 Å². The number of ketones is 2. The zero-order valence-electron chi connectivity index (χ0n) is 43.7. The van der Waals surface area contributed by atoms with Crippen molar-refractivity contribution in [2.45, 2.75) is 185 Å². The van der Waals surface area contributed by atoms with Gasteiger partial charge in [0.25, 0.3) is 0 Å². The summed E-state index contributed by atoms with van der Waals surface area (Å²) in [6.07, 6.45) is 14.5. The molecule has 1 N–H and O–H groups in total. The quantitative estimate of drug-likeness (QED) is 0.164. The van der Waals surface area contributed by atoms with Gasteiger partial charge in [-0.25, -0.2) is 0 Å². The Morgan fingerprint density at radius 3 is 2.09 bits per heavy atom. The molecule has 0 spiro atoms. The summed E-state index contributed by atoms with van der Waals surface area (Å²) in [4.78, 5) is 55.2. The molecule has 4 saturated carbocycles. The van der Waals surface area contributed by atoms with Gasteiger partial charge in [-0.2, -0.15) is 0 Å². The van der Waals surface area contributed by atoms with Crippen LogP contribution in [-0.4, -0.2) is 78.2 Å². The molecule has 6 aliphatic rings. The molecule has 368 valence electrons. The SMILES string of the molecule is CCCC1=C(C(C)C)C(=O)CC1.Cc1ccc(CN(CCN(C)C)CCC23CCC4C(CCC5C4(C)CCC4C(C)C(OC(=O)CC(C)(C)C(=O)O)CCC45C)C2=C(C(C)C)C(=O)C3)cc1. The van der Waals surface area contributed by atoms with Gasteiger partial charge in [-0.05, 0) is 181 Å². The van der Waals surface area contributed by atoms with E-state index in [0.29, 0.717) is 47.6 Å². The van der Waals surface area contributed by atoms with E-state index in [9.17, 15) is 24.3 Å². The van der Waals surface area contributed by atoms with Gasteiger partial charge in [0.1, 0.15) is 6.10 Å². The number of benzene rings is 1. The molecule has 0 radical (unpaired) electrons. The minimum Gasteiger partial charge on any atom is -0.481 e. The fraction of sp³-hybridized carbons (Fsp3) is 0.759. The molecular formula is C58H90N2O6. The number of aliphatic carboxylic acids is 1. The highest BCUT2D eigenvalue weighted by atomic mass is 16.5. The lowest BCUT2D eigenvalue weighted by atomic mass is 9.38. The zero-order valence-corrected chi connectivity index (χ0v) is 43.7. The second-order valence-corrected chi connectivity index (χ2v) is 24.4. The van der Waals surface area contributed by atoms with Crippen LogP contribution < -0.4 is 0 Å². The number of carbonyl (C=O) groups excluding carboxylic acids is 3. The fourth-order valence-corrected chi connectivity index (χ4v) is 15.1. The van der Waals surface area contributed by atoms with Gasteiger partial charge in [0.15, 0.2) is 11.6 Å². The average Bonchev–Trinajstić information content (AvgIpc) is 3.76. The van der Waals surface area contributed by atoms with Crippen molar-refractivity contribution in [1.82, 2.24) is 9.80 Å². The lowest BCUT2D eigenvalue weighted by Crippen LogP contribution is -2.60. The van der Waals surface area contributed by atoms with Crippen molar-refractivity contribution < 1.29 is 29.0 Å². The molecule has 1 aromatic carbocycles. The van der Waals surface area contributed by atoms with E-state index >= 15 is 0 Å². The molecule has 0 aliphatic heterocycles. The number of rotatable bonds is 16. The van der Waals surface area contributed by atoms with Crippen LogP contribution in [0.2, 0.25) is 0 Å². The first-order chi connectivity index (χ1) is 31.0. The number of allylic oxidation sites excluding steroid dienone is 4. The van der Waals surface area contributed by atoms with Gasteiger partial charge < -0.3 is 14.7 Å². The Bertz CT molecular complexity index is 1990. The second kappa shape index (κ2) is 20.9. The molecule has 0 amide bonds. The van der Waals surface area contributed by atoms with Gasteiger partial charge in [-0.15, -0.1) is 0 Å². The van der Waals surface area contributed by atoms with Crippen molar-refractivity contribution >= 4 is 23.5 Å². The first-order valence-electron chi connectivity index (χ1n) is 26.4. The molecule has 0 bridgehead atoms. The average molecular weight is 911 g/mol. The summed E-state index contributed by atoms with van der Waals surface area (Å²) in [5.74, 6) is 2.58. The Balaban J connectivity index is 0.000000521. The van der Waals surface area contributed by atoms with Crippen LogP contribution in [0.25, 0.3) is 0 Å². The Morgan fingerprint density at radius 1 is 0.833 bits per heavy atom. The molecule has 8 heteroatoms. The molecule has 0 saturated heterocycles. The summed E-state index contributed by atoms with van der Waals surface area (Å²) in [5, 5.41) is 9.58. The van der Waals surface area contributed by atoms with Crippen LogP contribution >= 0.6 is 0 Å². The number of carbonyl (C=O) groups is 4. The summed E-state index contributed by atoms with van der Waals surface area (Å²) < 4.78 is 6.09. The van der Waals surface area contributed by atoms with E-state index in [1.165, 1.54) is 54.4 Å². The van der Waals surface area contributed by atoms with Crippen molar-refractivity contribution in [3.8, 4) is 0 Å². The Labute approximate surface area is 400 Å².